The van der Waals surface area contributed by atoms with Gasteiger partial charge in [0, 0.05) is 34.2 Å². The maximum atomic E-state index is 15.3. The number of nitrogens with zero attached hydrogens (tertiary/aromatic N) is 3. The third-order valence-electron chi connectivity index (χ3n) is 8.93. The Balaban J connectivity index is 1.50. The van der Waals surface area contributed by atoms with Crippen LogP contribution >= 0.6 is 7.14 Å². The van der Waals surface area contributed by atoms with Crippen molar-refractivity contribution in [2.45, 2.75) is 6.92 Å². The quantitative estimate of drug-likeness (QED) is 0.107. The summed E-state index contributed by atoms with van der Waals surface area (Å²) in [7, 11) is -3.39. The van der Waals surface area contributed by atoms with Crippen molar-refractivity contribution in [3.8, 4) is 5.69 Å². The molecule has 0 aliphatic heterocycles. The number of hydrogen-bond acceptors (Lipinski definition) is 3. The maximum absolute atomic E-state index is 15.3. The first-order chi connectivity index (χ1) is 22.6. The van der Waals surface area contributed by atoms with Gasteiger partial charge in [0.1, 0.15) is 10.9 Å². The van der Waals surface area contributed by atoms with Gasteiger partial charge in [-0.25, -0.2) is 0 Å². The molecule has 0 N–H and O–H groups in total. The van der Waals surface area contributed by atoms with E-state index in [4.69, 9.17) is 0 Å². The number of rotatable bonds is 6. The standard InChI is InChI=1S/C41H30N3OP/c1-3-4-16-31-28(2)35-26-37-34-22-21-30(46(45,40-19-10-12-23-42-40)41-20-11-13-24-43-41)25-38(34)44(29-14-6-5-7-15-29)39(37)27-36(35)33-18-9-8-17-32(31)33/h3-27H,1H2,2H3/b16-4-. The van der Waals surface area contributed by atoms with E-state index in [1.165, 1.54) is 32.7 Å². The van der Waals surface area contributed by atoms with Crippen LogP contribution in [0.3, 0.4) is 0 Å². The molecule has 5 heteroatoms. The minimum Gasteiger partial charge on any atom is -0.309 e. The molecule has 0 bridgehead atoms. The molecule has 0 amide bonds. The number of para-hydroxylation sites is 1. The van der Waals surface area contributed by atoms with Crippen LogP contribution in [0.2, 0.25) is 0 Å². The van der Waals surface area contributed by atoms with Crippen LogP contribution in [0.15, 0.2) is 152 Å². The fraction of sp³-hybridized carbons (Fsp3) is 0.0244. The first-order valence-electron chi connectivity index (χ1n) is 15.3. The second-order valence-electron chi connectivity index (χ2n) is 11.5. The summed E-state index contributed by atoms with van der Waals surface area (Å²) in [4.78, 5) is 9.18. The number of aryl methyl sites for hydroxylation is 1. The number of allylic oxidation sites excluding steroid dienone is 2. The molecular weight excluding hydrogens is 581 g/mol. The van der Waals surface area contributed by atoms with Gasteiger partial charge in [0.2, 0.25) is 7.14 Å². The monoisotopic (exact) mass is 611 g/mol. The lowest BCUT2D eigenvalue weighted by molar-refractivity contribution is 0.591. The first kappa shape index (κ1) is 27.9. The van der Waals surface area contributed by atoms with Gasteiger partial charge < -0.3 is 9.13 Å². The minimum atomic E-state index is -3.39. The molecular formula is C41H30N3OP. The highest BCUT2D eigenvalue weighted by Gasteiger charge is 2.33. The second kappa shape index (κ2) is 11.1. The Hall–Kier alpha value is -5.57. The third kappa shape index (κ3) is 4.26. The molecule has 0 atom stereocenters. The molecule has 4 nitrogen and oxygen atoms in total. The van der Waals surface area contributed by atoms with Gasteiger partial charge in [0.15, 0.2) is 0 Å². The van der Waals surface area contributed by atoms with Crippen molar-refractivity contribution in [3.05, 3.63) is 164 Å². The second-order valence-corrected chi connectivity index (χ2v) is 14.1. The van der Waals surface area contributed by atoms with Gasteiger partial charge in [-0.1, -0.05) is 85.5 Å². The van der Waals surface area contributed by atoms with Crippen LogP contribution in [0.5, 0.6) is 0 Å². The molecule has 0 unspecified atom stereocenters. The zero-order valence-corrected chi connectivity index (χ0v) is 26.2. The fourth-order valence-corrected chi connectivity index (χ4v) is 9.18. The normalized spacial score (nSPS) is 12.1. The number of pyridine rings is 2. The Kier molecular flexibility index (Phi) is 6.74. The lowest BCUT2D eigenvalue weighted by Gasteiger charge is -2.18. The predicted octanol–water partition coefficient (Wildman–Crippen LogP) is 9.03. The summed E-state index contributed by atoms with van der Waals surface area (Å²) in [5.74, 6) is 0. The maximum Gasteiger partial charge on any atom is 0.206 e. The van der Waals surface area contributed by atoms with Crippen LogP contribution < -0.4 is 16.2 Å². The SMILES string of the molecule is C=C/C=C\c1c(C)c2cc3c4ccc(P(=O)(c5ccccn5)c5ccccn5)cc4n(-c4ccccc4)c3cc2c2ccccc12. The van der Waals surface area contributed by atoms with E-state index in [1.54, 1.807) is 12.4 Å². The molecule has 0 spiro atoms. The molecule has 5 aromatic carbocycles. The van der Waals surface area contributed by atoms with Gasteiger partial charge in [-0.3, -0.25) is 9.97 Å². The van der Waals surface area contributed by atoms with Crippen molar-refractivity contribution < 1.29 is 4.57 Å². The van der Waals surface area contributed by atoms with Crippen molar-refractivity contribution in [1.82, 2.24) is 14.5 Å². The third-order valence-corrected chi connectivity index (χ3v) is 11.8. The zero-order chi connectivity index (χ0) is 31.3. The minimum absolute atomic E-state index is 0.517. The summed E-state index contributed by atoms with van der Waals surface area (Å²) >= 11 is 0. The summed E-state index contributed by atoms with van der Waals surface area (Å²) in [6.07, 6.45) is 9.37. The topological polar surface area (TPSA) is 47.8 Å². The highest BCUT2D eigenvalue weighted by Crippen LogP contribution is 2.44. The number of benzene rings is 5. The molecule has 220 valence electrons. The van der Waals surface area contributed by atoms with E-state index >= 15 is 4.57 Å². The van der Waals surface area contributed by atoms with Crippen molar-refractivity contribution in [3.63, 3.8) is 0 Å². The van der Waals surface area contributed by atoms with Gasteiger partial charge in [0.25, 0.3) is 0 Å². The average molecular weight is 612 g/mol. The lowest BCUT2D eigenvalue weighted by atomic mass is 9.91. The smallest absolute Gasteiger partial charge is 0.206 e. The van der Waals surface area contributed by atoms with Crippen LogP contribution in [0.25, 0.3) is 55.1 Å². The molecule has 0 saturated carbocycles. The summed E-state index contributed by atoms with van der Waals surface area (Å²) in [5.41, 5.74) is 6.57. The highest BCUT2D eigenvalue weighted by molar-refractivity contribution is 7.85. The zero-order valence-electron chi connectivity index (χ0n) is 25.3. The van der Waals surface area contributed by atoms with Gasteiger partial charge in [0.05, 0.1) is 11.0 Å². The molecule has 0 aliphatic carbocycles. The van der Waals surface area contributed by atoms with E-state index in [2.05, 4.69) is 107 Å². The fourth-order valence-electron chi connectivity index (χ4n) is 6.78. The summed E-state index contributed by atoms with van der Waals surface area (Å²) in [6, 6.07) is 41.0. The lowest BCUT2D eigenvalue weighted by Crippen LogP contribution is -2.28. The molecule has 0 radical (unpaired) electrons. The summed E-state index contributed by atoms with van der Waals surface area (Å²) < 4.78 is 17.6. The van der Waals surface area contributed by atoms with Crippen molar-refractivity contribution in [1.29, 1.82) is 0 Å². The first-order valence-corrected chi connectivity index (χ1v) is 17.0. The Bertz CT molecular complexity index is 2470. The van der Waals surface area contributed by atoms with Gasteiger partial charge in [-0.15, -0.1) is 0 Å². The Labute approximate surface area is 267 Å². The molecule has 0 saturated heterocycles. The van der Waals surface area contributed by atoms with E-state index in [-0.39, 0.29) is 0 Å². The molecule has 3 aromatic heterocycles. The molecule has 8 aromatic rings. The van der Waals surface area contributed by atoms with E-state index in [0.717, 1.165) is 27.5 Å². The molecule has 3 heterocycles. The van der Waals surface area contributed by atoms with Gasteiger partial charge in [-0.2, -0.15) is 0 Å². The molecule has 0 fully saturated rings. The highest BCUT2D eigenvalue weighted by atomic mass is 31.2. The van der Waals surface area contributed by atoms with E-state index in [1.807, 2.05) is 60.7 Å². The number of aromatic nitrogens is 3. The van der Waals surface area contributed by atoms with Crippen LogP contribution in [0, 0.1) is 6.92 Å². The number of hydrogen-bond donors (Lipinski definition) is 0. The van der Waals surface area contributed by atoms with Crippen LogP contribution in [0.1, 0.15) is 11.1 Å². The van der Waals surface area contributed by atoms with E-state index < -0.39 is 7.14 Å². The number of fused-ring (bicyclic) bond motifs is 6. The average Bonchev–Trinajstić information content (AvgIpc) is 3.44. The Morgan fingerprint density at radius 2 is 1.28 bits per heavy atom. The molecule has 8 rings (SSSR count). The largest absolute Gasteiger partial charge is 0.309 e. The van der Waals surface area contributed by atoms with Crippen LogP contribution in [-0.4, -0.2) is 14.5 Å². The Morgan fingerprint density at radius 3 is 1.96 bits per heavy atom. The van der Waals surface area contributed by atoms with Gasteiger partial charge >= 0.3 is 0 Å². The summed E-state index contributed by atoms with van der Waals surface area (Å²) in [6.45, 7) is 6.10. The van der Waals surface area contributed by atoms with Crippen molar-refractivity contribution >= 4 is 72.7 Å². The predicted molar refractivity (Wildman–Crippen MR) is 195 cm³/mol. The van der Waals surface area contributed by atoms with Crippen LogP contribution in [-0.2, 0) is 4.57 Å². The van der Waals surface area contributed by atoms with Crippen molar-refractivity contribution in [2.75, 3.05) is 0 Å². The van der Waals surface area contributed by atoms with Crippen LogP contribution in [0.4, 0.5) is 0 Å². The van der Waals surface area contributed by atoms with Crippen molar-refractivity contribution in [2.24, 2.45) is 0 Å². The molecule has 46 heavy (non-hydrogen) atoms. The molecule has 0 aliphatic rings. The van der Waals surface area contributed by atoms with E-state index in [9.17, 15) is 0 Å². The van der Waals surface area contributed by atoms with Gasteiger partial charge in [-0.05, 0) is 100 Å². The Morgan fingerprint density at radius 1 is 0.630 bits per heavy atom. The van der Waals surface area contributed by atoms with E-state index in [0.29, 0.717) is 16.2 Å². The summed E-state index contributed by atoms with van der Waals surface area (Å²) in [5, 5.41) is 7.74.